The minimum Gasteiger partial charge on any atom is -0.404 e. The number of hydrogen-bond donors (Lipinski definition) is 0. The summed E-state index contributed by atoms with van der Waals surface area (Å²) in [4.78, 5) is 0. The third-order valence-electron chi connectivity index (χ3n) is 4.65. The molecule has 0 aliphatic carbocycles. The molecule has 156 valence electrons. The molecule has 0 heterocycles. The van der Waals surface area contributed by atoms with Gasteiger partial charge in [-0.05, 0) is 70.8 Å². The topological polar surface area (TPSA) is 44.8 Å². The fraction of sp³-hybridized carbons (Fsp3) is 0.391. The van der Waals surface area contributed by atoms with E-state index >= 15 is 0 Å². The molecule has 0 N–H and O–H groups in total. The number of fused-ring (bicyclic) bond motifs is 2. The molecule has 1 atom stereocenters. The molecule has 1 unspecified atom stereocenters. The number of halogens is 1. The Morgan fingerprint density at radius 2 is 1.45 bits per heavy atom. The average Bonchev–Trinajstić information content (AvgIpc) is 2.70. The molecule has 0 bridgehead atoms. The molecule has 0 saturated carbocycles. The minimum atomic E-state index is -3.70. The quantitative estimate of drug-likeness (QED) is 0.182. The van der Waals surface area contributed by atoms with Crippen molar-refractivity contribution in [1.29, 1.82) is 0 Å². The monoisotopic (exact) mass is 418 g/mol. The standard InChI is InChI=1S/C23H28FO4P/c1-3-5-6-7-13-27-29(25,26-12-4-2)28-23-11-9-19-14-18-8-10-22(24)16-20(18)15-21(19)17-23/h8-11,14-17H,3-7,12-13H2,1-2H3. The van der Waals surface area contributed by atoms with Gasteiger partial charge in [0.2, 0.25) is 0 Å². The van der Waals surface area contributed by atoms with Gasteiger partial charge in [0.05, 0.1) is 13.2 Å². The zero-order valence-electron chi connectivity index (χ0n) is 17.0. The van der Waals surface area contributed by atoms with E-state index in [4.69, 9.17) is 13.6 Å². The van der Waals surface area contributed by atoms with Crippen LogP contribution in [0.2, 0.25) is 0 Å². The molecule has 0 aliphatic rings. The van der Waals surface area contributed by atoms with Crippen molar-refractivity contribution in [2.45, 2.75) is 46.0 Å². The van der Waals surface area contributed by atoms with Gasteiger partial charge < -0.3 is 4.52 Å². The predicted molar refractivity (Wildman–Crippen MR) is 116 cm³/mol. The summed E-state index contributed by atoms with van der Waals surface area (Å²) in [7, 11) is -3.70. The molecule has 0 saturated heterocycles. The van der Waals surface area contributed by atoms with Gasteiger partial charge in [0.1, 0.15) is 11.6 Å². The molecule has 0 aliphatic heterocycles. The Morgan fingerprint density at radius 1 is 0.759 bits per heavy atom. The Morgan fingerprint density at radius 3 is 2.21 bits per heavy atom. The van der Waals surface area contributed by atoms with Crippen LogP contribution >= 0.6 is 7.82 Å². The summed E-state index contributed by atoms with van der Waals surface area (Å²) in [6.45, 7) is 4.70. The highest BCUT2D eigenvalue weighted by Gasteiger charge is 2.28. The summed E-state index contributed by atoms with van der Waals surface area (Å²) in [6, 6.07) is 14.0. The lowest BCUT2D eigenvalue weighted by atomic mass is 10.0. The number of hydrogen-bond acceptors (Lipinski definition) is 4. The van der Waals surface area contributed by atoms with Gasteiger partial charge >= 0.3 is 7.82 Å². The van der Waals surface area contributed by atoms with Crippen LogP contribution in [-0.4, -0.2) is 13.2 Å². The van der Waals surface area contributed by atoms with Gasteiger partial charge in [0.25, 0.3) is 0 Å². The molecule has 0 amide bonds. The molecule has 4 nitrogen and oxygen atoms in total. The second-order valence-electron chi connectivity index (χ2n) is 7.12. The molecule has 0 fully saturated rings. The van der Waals surface area contributed by atoms with Crippen molar-refractivity contribution < 1.29 is 22.5 Å². The van der Waals surface area contributed by atoms with E-state index in [0.717, 1.165) is 47.2 Å². The lowest BCUT2D eigenvalue weighted by Gasteiger charge is -2.18. The fourth-order valence-electron chi connectivity index (χ4n) is 3.13. The van der Waals surface area contributed by atoms with Crippen molar-refractivity contribution in [3.05, 3.63) is 54.3 Å². The average molecular weight is 418 g/mol. The maximum Gasteiger partial charge on any atom is 0.530 e. The van der Waals surface area contributed by atoms with E-state index in [1.165, 1.54) is 12.1 Å². The van der Waals surface area contributed by atoms with Crippen LogP contribution in [0.15, 0.2) is 48.5 Å². The first kappa shape index (κ1) is 21.8. The summed E-state index contributed by atoms with van der Waals surface area (Å²) in [6.07, 6.45) is 4.78. The Bertz CT molecular complexity index is 1000. The van der Waals surface area contributed by atoms with E-state index in [9.17, 15) is 8.96 Å². The van der Waals surface area contributed by atoms with Crippen LogP contribution in [0.4, 0.5) is 4.39 Å². The van der Waals surface area contributed by atoms with E-state index in [2.05, 4.69) is 6.92 Å². The lowest BCUT2D eigenvalue weighted by molar-refractivity contribution is 0.153. The lowest BCUT2D eigenvalue weighted by Crippen LogP contribution is -2.04. The van der Waals surface area contributed by atoms with Gasteiger partial charge in [0, 0.05) is 0 Å². The Labute approximate surface area is 171 Å². The number of rotatable bonds is 11. The van der Waals surface area contributed by atoms with Crippen LogP contribution in [0.3, 0.4) is 0 Å². The highest BCUT2D eigenvalue weighted by Crippen LogP contribution is 2.50. The van der Waals surface area contributed by atoms with Crippen LogP contribution in [0.1, 0.15) is 46.0 Å². The Kier molecular flexibility index (Phi) is 7.65. The number of phosphoric ester groups is 1. The number of benzene rings is 3. The SMILES string of the molecule is CCCCCCOP(=O)(OCCC)Oc1ccc2cc3ccc(F)cc3cc2c1. The third kappa shape index (κ3) is 6.02. The predicted octanol–water partition coefficient (Wildman–Crippen LogP) is 7.64. The van der Waals surface area contributed by atoms with Crippen LogP contribution in [-0.2, 0) is 13.6 Å². The first-order valence-corrected chi connectivity index (χ1v) is 11.7. The first-order valence-electron chi connectivity index (χ1n) is 10.2. The summed E-state index contributed by atoms with van der Waals surface area (Å²) in [5.74, 6) is 0.124. The van der Waals surface area contributed by atoms with Crippen molar-refractivity contribution >= 4 is 29.4 Å². The molecular weight excluding hydrogens is 390 g/mol. The van der Waals surface area contributed by atoms with Gasteiger partial charge in [-0.3, -0.25) is 9.05 Å². The van der Waals surface area contributed by atoms with E-state index in [-0.39, 0.29) is 5.82 Å². The van der Waals surface area contributed by atoms with Gasteiger partial charge in [-0.25, -0.2) is 8.96 Å². The van der Waals surface area contributed by atoms with Crippen molar-refractivity contribution in [2.24, 2.45) is 0 Å². The van der Waals surface area contributed by atoms with Crippen LogP contribution < -0.4 is 4.52 Å². The van der Waals surface area contributed by atoms with Crippen molar-refractivity contribution in [1.82, 2.24) is 0 Å². The molecule has 3 aromatic rings. The maximum atomic E-state index is 13.6. The van der Waals surface area contributed by atoms with Gasteiger partial charge in [-0.15, -0.1) is 0 Å². The summed E-state index contributed by atoms with van der Waals surface area (Å²) in [5, 5.41) is 3.61. The Balaban J connectivity index is 1.80. The van der Waals surface area contributed by atoms with Crippen LogP contribution in [0.25, 0.3) is 21.5 Å². The number of phosphoric acid groups is 1. The molecule has 6 heteroatoms. The normalized spacial score (nSPS) is 13.6. The van der Waals surface area contributed by atoms with Crippen LogP contribution in [0.5, 0.6) is 5.75 Å². The number of unbranched alkanes of at least 4 members (excludes halogenated alkanes) is 3. The van der Waals surface area contributed by atoms with E-state index in [1.807, 2.05) is 25.1 Å². The second kappa shape index (κ2) is 10.2. The molecule has 3 rings (SSSR count). The van der Waals surface area contributed by atoms with Crippen molar-refractivity contribution in [2.75, 3.05) is 13.2 Å². The largest absolute Gasteiger partial charge is 0.530 e. The van der Waals surface area contributed by atoms with Crippen LogP contribution in [0, 0.1) is 5.82 Å². The van der Waals surface area contributed by atoms with E-state index in [0.29, 0.717) is 25.4 Å². The Hall–Kier alpha value is -1.94. The highest BCUT2D eigenvalue weighted by molar-refractivity contribution is 7.48. The summed E-state index contributed by atoms with van der Waals surface area (Å²) in [5.41, 5.74) is 0. The van der Waals surface area contributed by atoms with Gasteiger partial charge in [0.15, 0.2) is 0 Å². The van der Waals surface area contributed by atoms with E-state index in [1.54, 1.807) is 18.2 Å². The molecule has 29 heavy (non-hydrogen) atoms. The van der Waals surface area contributed by atoms with Gasteiger partial charge in [-0.2, -0.15) is 0 Å². The molecular formula is C23H28FO4P. The van der Waals surface area contributed by atoms with Crippen molar-refractivity contribution in [3.8, 4) is 5.75 Å². The van der Waals surface area contributed by atoms with Gasteiger partial charge in [-0.1, -0.05) is 45.2 Å². The smallest absolute Gasteiger partial charge is 0.404 e. The highest BCUT2D eigenvalue weighted by atomic mass is 31.2. The fourth-order valence-corrected chi connectivity index (χ4v) is 4.44. The molecule has 3 aromatic carbocycles. The summed E-state index contributed by atoms with van der Waals surface area (Å²) >= 11 is 0. The van der Waals surface area contributed by atoms with Crippen molar-refractivity contribution in [3.63, 3.8) is 0 Å². The zero-order chi connectivity index (χ0) is 20.7. The third-order valence-corrected chi connectivity index (χ3v) is 6.08. The minimum absolute atomic E-state index is 0.279. The molecule has 0 aromatic heterocycles. The maximum absolute atomic E-state index is 13.6. The first-order chi connectivity index (χ1) is 14.0. The molecule has 0 radical (unpaired) electrons. The summed E-state index contributed by atoms with van der Waals surface area (Å²) < 4.78 is 43.3. The zero-order valence-corrected chi connectivity index (χ0v) is 17.9. The van der Waals surface area contributed by atoms with E-state index < -0.39 is 7.82 Å². The molecule has 0 spiro atoms. The second-order valence-corrected chi connectivity index (χ2v) is 8.71.